The Morgan fingerprint density at radius 2 is 2.07 bits per heavy atom. The van der Waals surface area contributed by atoms with Crippen molar-refractivity contribution in [2.75, 3.05) is 25.1 Å². The molecule has 4 heteroatoms. The van der Waals surface area contributed by atoms with E-state index in [1.165, 1.54) is 0 Å². The number of carbonyl (C=O) groups excluding carboxylic acids is 1. The minimum atomic E-state index is 0.305. The smallest absolute Gasteiger partial charge is 0.163 e. The minimum absolute atomic E-state index is 0.305. The van der Waals surface area contributed by atoms with Gasteiger partial charge in [0.05, 0.1) is 19.8 Å². The summed E-state index contributed by atoms with van der Waals surface area (Å²) in [5.74, 6) is 1.51. The van der Waals surface area contributed by atoms with E-state index in [9.17, 15) is 4.79 Å². The maximum Gasteiger partial charge on any atom is 0.163 e. The van der Waals surface area contributed by atoms with Gasteiger partial charge in [-0.1, -0.05) is 0 Å². The van der Waals surface area contributed by atoms with Crippen LogP contribution in [-0.4, -0.2) is 26.0 Å². The molecular weight excluding hydrogens is 194 g/mol. The van der Waals surface area contributed by atoms with Crippen molar-refractivity contribution in [1.29, 1.82) is 0 Å². The number of fused-ring (bicyclic) bond motifs is 1. The molecule has 0 radical (unpaired) electrons. The fraction of sp³-hybridized carbons (Fsp3) is 0.364. The largest absolute Gasteiger partial charge is 0.490 e. The first-order chi connectivity index (χ1) is 7.40. The van der Waals surface area contributed by atoms with Crippen molar-refractivity contribution in [1.82, 2.24) is 0 Å². The number of rotatable bonds is 3. The predicted molar refractivity (Wildman–Crippen MR) is 56.6 cm³/mol. The molecule has 1 N–H and O–H groups in total. The van der Waals surface area contributed by atoms with Gasteiger partial charge in [0.15, 0.2) is 11.5 Å². The van der Waals surface area contributed by atoms with E-state index >= 15 is 0 Å². The van der Waals surface area contributed by atoms with Crippen LogP contribution in [0, 0.1) is 0 Å². The van der Waals surface area contributed by atoms with Gasteiger partial charge in [-0.15, -0.1) is 0 Å². The van der Waals surface area contributed by atoms with Crippen molar-refractivity contribution < 1.29 is 14.3 Å². The highest BCUT2D eigenvalue weighted by molar-refractivity contribution is 5.61. The highest BCUT2D eigenvalue weighted by atomic mass is 16.5. The second kappa shape index (κ2) is 4.68. The second-order valence-corrected chi connectivity index (χ2v) is 3.26. The number of carbonyl (C=O) groups is 1. The van der Waals surface area contributed by atoms with Crippen molar-refractivity contribution in [3.05, 3.63) is 18.2 Å². The lowest BCUT2D eigenvalue weighted by molar-refractivity contribution is -0.106. The topological polar surface area (TPSA) is 47.6 Å². The van der Waals surface area contributed by atoms with Gasteiger partial charge in [0.25, 0.3) is 0 Å². The summed E-state index contributed by atoms with van der Waals surface area (Å²) in [5.41, 5.74) is 0.867. The van der Waals surface area contributed by atoms with Crippen LogP contribution >= 0.6 is 0 Å². The normalized spacial score (nSPS) is 14.1. The van der Waals surface area contributed by atoms with Gasteiger partial charge in [0.1, 0.15) is 6.29 Å². The molecule has 0 atom stereocenters. The van der Waals surface area contributed by atoms with Crippen LogP contribution in [0.25, 0.3) is 0 Å². The highest BCUT2D eigenvalue weighted by Crippen LogP contribution is 2.31. The summed E-state index contributed by atoms with van der Waals surface area (Å²) in [4.78, 5) is 10.2. The van der Waals surface area contributed by atoms with Crippen LogP contribution in [0.5, 0.6) is 11.5 Å². The van der Waals surface area contributed by atoms with Crippen LogP contribution in [0.2, 0.25) is 0 Å². The minimum Gasteiger partial charge on any atom is -0.490 e. The lowest BCUT2D eigenvalue weighted by Gasteiger charge is -2.09. The maximum atomic E-state index is 10.2. The van der Waals surface area contributed by atoms with Crippen LogP contribution in [0.4, 0.5) is 5.69 Å². The van der Waals surface area contributed by atoms with Crippen molar-refractivity contribution in [2.24, 2.45) is 0 Å². The zero-order chi connectivity index (χ0) is 10.5. The van der Waals surface area contributed by atoms with Gasteiger partial charge in [0.2, 0.25) is 0 Å². The van der Waals surface area contributed by atoms with Crippen molar-refractivity contribution in [2.45, 2.75) is 6.42 Å². The first-order valence-corrected chi connectivity index (χ1v) is 4.97. The summed E-state index contributed by atoms with van der Waals surface area (Å²) < 4.78 is 11.0. The highest BCUT2D eigenvalue weighted by Gasteiger charge is 2.09. The Balaban J connectivity index is 2.16. The Labute approximate surface area is 88.2 Å². The molecule has 0 fully saturated rings. The van der Waals surface area contributed by atoms with Gasteiger partial charge in [-0.05, 0) is 12.1 Å². The van der Waals surface area contributed by atoms with E-state index in [2.05, 4.69) is 5.32 Å². The molecule has 0 unspecified atom stereocenters. The quantitative estimate of drug-likeness (QED) is 0.762. The third-order valence-electron chi connectivity index (χ3n) is 2.14. The van der Waals surface area contributed by atoms with Gasteiger partial charge in [-0.3, -0.25) is 0 Å². The van der Waals surface area contributed by atoms with Crippen molar-refractivity contribution >= 4 is 12.0 Å². The average molecular weight is 207 g/mol. The van der Waals surface area contributed by atoms with E-state index in [-0.39, 0.29) is 0 Å². The number of nitrogens with one attached hydrogen (secondary N) is 1. The van der Waals surface area contributed by atoms with Crippen molar-refractivity contribution in [3.63, 3.8) is 0 Å². The fourth-order valence-electron chi connectivity index (χ4n) is 1.43. The lowest BCUT2D eigenvalue weighted by Crippen LogP contribution is -2.02. The molecule has 0 saturated carbocycles. The summed E-state index contributed by atoms with van der Waals surface area (Å²) in [6.07, 6.45) is 1.72. The van der Waals surface area contributed by atoms with E-state index in [4.69, 9.17) is 9.47 Å². The van der Waals surface area contributed by atoms with E-state index in [0.29, 0.717) is 19.8 Å². The Bertz CT molecular complexity index is 352. The molecule has 1 aromatic rings. The summed E-state index contributed by atoms with van der Waals surface area (Å²) in [6.45, 7) is 1.66. The lowest BCUT2D eigenvalue weighted by atomic mass is 10.2. The summed E-state index contributed by atoms with van der Waals surface area (Å²) in [7, 11) is 0. The maximum absolute atomic E-state index is 10.2. The Morgan fingerprint density at radius 3 is 2.87 bits per heavy atom. The van der Waals surface area contributed by atoms with Crippen LogP contribution in [0.15, 0.2) is 18.2 Å². The van der Waals surface area contributed by atoms with Crippen molar-refractivity contribution in [3.8, 4) is 11.5 Å². The molecule has 1 aliphatic rings. The molecule has 1 aromatic carbocycles. The summed E-state index contributed by atoms with van der Waals surface area (Å²) >= 11 is 0. The molecular formula is C11H13NO3. The van der Waals surface area contributed by atoms with Crippen LogP contribution in [0.1, 0.15) is 6.42 Å². The predicted octanol–water partition coefficient (Wildman–Crippen LogP) is 1.46. The molecule has 1 heterocycles. The molecule has 2 rings (SSSR count). The molecule has 0 spiro atoms. The van der Waals surface area contributed by atoms with Gasteiger partial charge in [-0.25, -0.2) is 0 Å². The van der Waals surface area contributed by atoms with Gasteiger partial charge in [0, 0.05) is 18.2 Å². The standard InChI is InChI=1S/C11H13NO3/c13-5-4-12-9-2-3-10-11(8-9)15-7-1-6-14-10/h2-3,5,8,12H,1,4,6-7H2. The first kappa shape index (κ1) is 9.83. The molecule has 1 aliphatic heterocycles. The average Bonchev–Trinajstić information content (AvgIpc) is 2.50. The molecule has 0 aliphatic carbocycles. The van der Waals surface area contributed by atoms with E-state index in [1.807, 2.05) is 18.2 Å². The number of benzene rings is 1. The number of hydrogen-bond donors (Lipinski definition) is 1. The van der Waals surface area contributed by atoms with E-state index < -0.39 is 0 Å². The number of ether oxygens (including phenoxy) is 2. The van der Waals surface area contributed by atoms with Crippen LogP contribution < -0.4 is 14.8 Å². The Morgan fingerprint density at radius 1 is 1.27 bits per heavy atom. The van der Waals surface area contributed by atoms with Crippen LogP contribution in [-0.2, 0) is 4.79 Å². The molecule has 80 valence electrons. The van der Waals surface area contributed by atoms with E-state index in [1.54, 1.807) is 0 Å². The summed E-state index contributed by atoms with van der Waals surface area (Å²) in [5, 5.41) is 2.96. The molecule has 0 bridgehead atoms. The molecule has 0 aromatic heterocycles. The number of hydrogen-bond acceptors (Lipinski definition) is 4. The monoisotopic (exact) mass is 207 g/mol. The number of anilines is 1. The third kappa shape index (κ3) is 2.40. The van der Waals surface area contributed by atoms with Crippen LogP contribution in [0.3, 0.4) is 0 Å². The fourth-order valence-corrected chi connectivity index (χ4v) is 1.43. The number of aldehydes is 1. The summed E-state index contributed by atoms with van der Waals surface area (Å²) in [6, 6.07) is 5.58. The SMILES string of the molecule is O=CCNc1ccc2c(c1)OCCCO2. The third-order valence-corrected chi connectivity index (χ3v) is 2.14. The van der Waals surface area contributed by atoms with Gasteiger partial charge in [-0.2, -0.15) is 0 Å². The van der Waals surface area contributed by atoms with E-state index in [0.717, 1.165) is 29.9 Å². The van der Waals surface area contributed by atoms with Gasteiger partial charge < -0.3 is 19.6 Å². The zero-order valence-corrected chi connectivity index (χ0v) is 8.36. The molecule has 0 amide bonds. The first-order valence-electron chi connectivity index (χ1n) is 4.97. The Kier molecular flexibility index (Phi) is 3.07. The van der Waals surface area contributed by atoms with Gasteiger partial charge >= 0.3 is 0 Å². The molecule has 15 heavy (non-hydrogen) atoms. The zero-order valence-electron chi connectivity index (χ0n) is 8.36. The molecule has 4 nitrogen and oxygen atoms in total. The second-order valence-electron chi connectivity index (χ2n) is 3.26. The Hall–Kier alpha value is -1.71. The molecule has 0 saturated heterocycles.